The number of hydrogen-bond donors (Lipinski definition) is 1. The van der Waals surface area contributed by atoms with Crippen LogP contribution in [0, 0.1) is 5.92 Å². The van der Waals surface area contributed by atoms with Gasteiger partial charge < -0.3 is 9.84 Å². The number of carbonyl (C=O) groups excluding carboxylic acids is 1. The van der Waals surface area contributed by atoms with Crippen LogP contribution in [0.4, 0.5) is 0 Å². The molecule has 3 atom stereocenters. The van der Waals surface area contributed by atoms with E-state index in [0.29, 0.717) is 12.3 Å². The zero-order chi connectivity index (χ0) is 13.0. The maximum absolute atomic E-state index is 11.8. The van der Waals surface area contributed by atoms with Crippen LogP contribution in [0.1, 0.15) is 32.1 Å². The number of allylic oxidation sites excluding steroid dienone is 2. The third kappa shape index (κ3) is 3.12. The molecule has 2 aliphatic rings. The van der Waals surface area contributed by atoms with Crippen LogP contribution in [-0.4, -0.2) is 48.3 Å². The number of aliphatic hydroxyl groups is 1. The van der Waals surface area contributed by atoms with Gasteiger partial charge in [-0.05, 0) is 44.6 Å². The molecule has 0 radical (unpaired) electrons. The molecule has 0 aromatic carbocycles. The molecule has 1 saturated heterocycles. The monoisotopic (exact) mass is 253 g/mol. The fourth-order valence-electron chi connectivity index (χ4n) is 3.03. The van der Waals surface area contributed by atoms with E-state index in [1.54, 1.807) is 0 Å². The average molecular weight is 253 g/mol. The lowest BCUT2D eigenvalue weighted by Gasteiger charge is -2.39. The zero-order valence-corrected chi connectivity index (χ0v) is 11.0. The van der Waals surface area contributed by atoms with Crippen molar-refractivity contribution in [2.45, 2.75) is 44.2 Å². The standard InChI is InChI=1S/C14H23NO3/c1-18-14(17)13-12(16)8-5-9-15(13)10-11-6-3-2-4-7-11/h2-3,11-13,16H,4-10H2,1H3/t11-,12-,13-/m0/s1. The van der Waals surface area contributed by atoms with Crippen LogP contribution in [0.5, 0.6) is 0 Å². The number of likely N-dealkylation sites (tertiary alicyclic amines) is 1. The first-order chi connectivity index (χ1) is 8.72. The van der Waals surface area contributed by atoms with Gasteiger partial charge in [-0.2, -0.15) is 0 Å². The molecule has 0 saturated carbocycles. The summed E-state index contributed by atoms with van der Waals surface area (Å²) in [6.07, 6.45) is 8.91. The topological polar surface area (TPSA) is 49.8 Å². The van der Waals surface area contributed by atoms with Crippen molar-refractivity contribution in [3.8, 4) is 0 Å². The Morgan fingerprint density at radius 1 is 1.44 bits per heavy atom. The summed E-state index contributed by atoms with van der Waals surface area (Å²) in [7, 11) is 1.39. The molecule has 4 nitrogen and oxygen atoms in total. The smallest absolute Gasteiger partial charge is 0.325 e. The molecule has 2 rings (SSSR count). The second-order valence-electron chi connectivity index (χ2n) is 5.32. The molecule has 1 heterocycles. The lowest BCUT2D eigenvalue weighted by molar-refractivity contribution is -0.154. The first kappa shape index (κ1) is 13.6. The zero-order valence-electron chi connectivity index (χ0n) is 11.0. The summed E-state index contributed by atoms with van der Waals surface area (Å²) in [5.41, 5.74) is 0. The number of piperidine rings is 1. The highest BCUT2D eigenvalue weighted by Gasteiger charge is 2.37. The van der Waals surface area contributed by atoms with Gasteiger partial charge in [0.25, 0.3) is 0 Å². The number of aliphatic hydroxyl groups excluding tert-OH is 1. The predicted octanol–water partition coefficient (Wildman–Crippen LogP) is 1.34. The molecule has 1 aliphatic carbocycles. The van der Waals surface area contributed by atoms with Gasteiger partial charge in [0, 0.05) is 6.54 Å². The molecule has 4 heteroatoms. The Morgan fingerprint density at radius 3 is 2.94 bits per heavy atom. The highest BCUT2D eigenvalue weighted by molar-refractivity contribution is 5.76. The molecule has 0 amide bonds. The summed E-state index contributed by atoms with van der Waals surface area (Å²) >= 11 is 0. The number of nitrogens with zero attached hydrogens (tertiary/aromatic N) is 1. The molecule has 1 fully saturated rings. The second kappa shape index (κ2) is 6.34. The molecule has 102 valence electrons. The van der Waals surface area contributed by atoms with Crippen molar-refractivity contribution in [3.05, 3.63) is 12.2 Å². The minimum atomic E-state index is -0.578. The Balaban J connectivity index is 1.98. The van der Waals surface area contributed by atoms with E-state index >= 15 is 0 Å². The number of esters is 1. The first-order valence-electron chi connectivity index (χ1n) is 6.87. The van der Waals surface area contributed by atoms with Crippen molar-refractivity contribution in [1.82, 2.24) is 4.90 Å². The van der Waals surface area contributed by atoms with Gasteiger partial charge in [-0.25, -0.2) is 0 Å². The van der Waals surface area contributed by atoms with Gasteiger partial charge in [0.2, 0.25) is 0 Å². The summed E-state index contributed by atoms with van der Waals surface area (Å²) in [5, 5.41) is 10.0. The van der Waals surface area contributed by atoms with E-state index < -0.39 is 12.1 Å². The Kier molecular flexibility index (Phi) is 4.78. The molecular formula is C14H23NO3. The number of rotatable bonds is 3. The normalized spacial score (nSPS) is 33.3. The van der Waals surface area contributed by atoms with E-state index in [-0.39, 0.29) is 5.97 Å². The molecule has 0 aromatic rings. The van der Waals surface area contributed by atoms with E-state index in [2.05, 4.69) is 17.1 Å². The summed E-state index contributed by atoms with van der Waals surface area (Å²) in [5.74, 6) is 0.306. The Hall–Kier alpha value is -0.870. The lowest BCUT2D eigenvalue weighted by Crippen LogP contribution is -2.54. The van der Waals surface area contributed by atoms with E-state index in [0.717, 1.165) is 32.4 Å². The SMILES string of the molecule is COC(=O)[C@@H]1[C@@H](O)CCCN1C[C@H]1CC=CCC1. The third-order valence-electron chi connectivity index (χ3n) is 4.02. The van der Waals surface area contributed by atoms with Crippen molar-refractivity contribution < 1.29 is 14.6 Å². The van der Waals surface area contributed by atoms with E-state index in [1.807, 2.05) is 0 Å². The highest BCUT2D eigenvalue weighted by atomic mass is 16.5. The van der Waals surface area contributed by atoms with Crippen LogP contribution in [0.2, 0.25) is 0 Å². The van der Waals surface area contributed by atoms with Crippen molar-refractivity contribution in [3.63, 3.8) is 0 Å². The maximum Gasteiger partial charge on any atom is 0.325 e. The molecule has 0 bridgehead atoms. The molecule has 0 unspecified atom stereocenters. The summed E-state index contributed by atoms with van der Waals surface area (Å²) < 4.78 is 4.82. The van der Waals surface area contributed by atoms with Crippen molar-refractivity contribution in [2.24, 2.45) is 5.92 Å². The Morgan fingerprint density at radius 2 is 2.28 bits per heavy atom. The van der Waals surface area contributed by atoms with Crippen LogP contribution in [-0.2, 0) is 9.53 Å². The predicted molar refractivity (Wildman–Crippen MR) is 69.1 cm³/mol. The molecule has 0 aromatic heterocycles. The van der Waals surface area contributed by atoms with Crippen LogP contribution < -0.4 is 0 Å². The van der Waals surface area contributed by atoms with Gasteiger partial charge in [-0.1, -0.05) is 12.2 Å². The maximum atomic E-state index is 11.8. The van der Waals surface area contributed by atoms with Gasteiger partial charge in [-0.3, -0.25) is 9.69 Å². The van der Waals surface area contributed by atoms with Gasteiger partial charge in [0.15, 0.2) is 0 Å². The van der Waals surface area contributed by atoms with Crippen LogP contribution >= 0.6 is 0 Å². The van der Waals surface area contributed by atoms with E-state index in [1.165, 1.54) is 13.5 Å². The van der Waals surface area contributed by atoms with Crippen molar-refractivity contribution in [2.75, 3.05) is 20.2 Å². The molecule has 1 N–H and O–H groups in total. The van der Waals surface area contributed by atoms with Gasteiger partial charge >= 0.3 is 5.97 Å². The first-order valence-corrected chi connectivity index (χ1v) is 6.87. The fourth-order valence-corrected chi connectivity index (χ4v) is 3.03. The van der Waals surface area contributed by atoms with Gasteiger partial charge in [0.1, 0.15) is 6.04 Å². The average Bonchev–Trinajstić information content (AvgIpc) is 2.39. The van der Waals surface area contributed by atoms with Crippen molar-refractivity contribution >= 4 is 5.97 Å². The highest BCUT2D eigenvalue weighted by Crippen LogP contribution is 2.24. The molecular weight excluding hydrogens is 230 g/mol. The van der Waals surface area contributed by atoms with Crippen LogP contribution in [0.15, 0.2) is 12.2 Å². The number of hydrogen-bond acceptors (Lipinski definition) is 4. The van der Waals surface area contributed by atoms with Gasteiger partial charge in [-0.15, -0.1) is 0 Å². The largest absolute Gasteiger partial charge is 0.468 e. The van der Waals surface area contributed by atoms with E-state index in [9.17, 15) is 9.90 Å². The number of ether oxygens (including phenoxy) is 1. The summed E-state index contributed by atoms with van der Waals surface area (Å²) in [6, 6.07) is -0.463. The van der Waals surface area contributed by atoms with Crippen LogP contribution in [0.25, 0.3) is 0 Å². The molecule has 0 spiro atoms. The van der Waals surface area contributed by atoms with Crippen LogP contribution in [0.3, 0.4) is 0 Å². The second-order valence-corrected chi connectivity index (χ2v) is 5.32. The summed E-state index contributed by atoms with van der Waals surface area (Å²) in [6.45, 7) is 1.78. The quantitative estimate of drug-likeness (QED) is 0.609. The van der Waals surface area contributed by atoms with Gasteiger partial charge in [0.05, 0.1) is 13.2 Å². The minimum Gasteiger partial charge on any atom is -0.468 e. The van der Waals surface area contributed by atoms with E-state index in [4.69, 9.17) is 4.74 Å². The third-order valence-corrected chi connectivity index (χ3v) is 4.02. The molecule has 1 aliphatic heterocycles. The lowest BCUT2D eigenvalue weighted by atomic mass is 9.91. The number of methoxy groups -OCH3 is 1. The fraction of sp³-hybridized carbons (Fsp3) is 0.786. The Labute approximate surface area is 109 Å². The number of carbonyl (C=O) groups is 1. The molecule has 18 heavy (non-hydrogen) atoms. The Bertz CT molecular complexity index is 316. The van der Waals surface area contributed by atoms with Crippen molar-refractivity contribution in [1.29, 1.82) is 0 Å². The minimum absolute atomic E-state index is 0.298. The summed E-state index contributed by atoms with van der Waals surface area (Å²) in [4.78, 5) is 13.9.